The minimum Gasteiger partial charge on any atom is -0.497 e. The number of rotatable bonds is 3. The fourth-order valence-electron chi connectivity index (χ4n) is 1.66. The largest absolute Gasteiger partial charge is 0.497 e. The third kappa shape index (κ3) is 7.57. The second kappa shape index (κ2) is 7.28. The number of phosphoric acid groups is 1. The van der Waals surface area contributed by atoms with Gasteiger partial charge in [0.15, 0.2) is 0 Å². The van der Waals surface area contributed by atoms with Gasteiger partial charge in [0, 0.05) is 24.9 Å². The summed E-state index contributed by atoms with van der Waals surface area (Å²) < 4.78 is 14.0. The molecule has 0 aromatic heterocycles. The highest BCUT2D eigenvalue weighted by Gasteiger charge is 2.22. The van der Waals surface area contributed by atoms with Gasteiger partial charge in [-0.1, -0.05) is 12.1 Å². The van der Waals surface area contributed by atoms with Gasteiger partial charge in [-0.15, -0.1) is 0 Å². The van der Waals surface area contributed by atoms with Crippen molar-refractivity contribution >= 4 is 20.5 Å². The summed E-state index contributed by atoms with van der Waals surface area (Å²) in [7, 11) is -2.95. The molecule has 0 bridgehead atoms. The van der Waals surface area contributed by atoms with Crippen LogP contribution in [0.15, 0.2) is 24.3 Å². The van der Waals surface area contributed by atoms with E-state index in [1.165, 1.54) is 5.56 Å². The SMILES string of the molecule is COc1ccc(CN2CC(S)C2)cc1.O=P(O)(O)O. The first-order valence-electron chi connectivity index (χ1n) is 5.59. The summed E-state index contributed by atoms with van der Waals surface area (Å²) in [6, 6.07) is 8.25. The molecule has 0 amide bonds. The number of hydrogen-bond donors (Lipinski definition) is 4. The van der Waals surface area contributed by atoms with Gasteiger partial charge in [-0.3, -0.25) is 4.90 Å². The molecule has 1 aromatic carbocycles. The first-order chi connectivity index (χ1) is 8.78. The van der Waals surface area contributed by atoms with Gasteiger partial charge in [-0.25, -0.2) is 4.57 Å². The van der Waals surface area contributed by atoms with Gasteiger partial charge in [0.05, 0.1) is 7.11 Å². The van der Waals surface area contributed by atoms with Crippen molar-refractivity contribution in [1.82, 2.24) is 4.90 Å². The van der Waals surface area contributed by atoms with E-state index in [0.717, 1.165) is 25.4 Å². The lowest BCUT2D eigenvalue weighted by Crippen LogP contribution is -2.46. The van der Waals surface area contributed by atoms with Gasteiger partial charge in [-0.2, -0.15) is 12.6 Å². The number of ether oxygens (including phenoxy) is 1. The molecule has 1 fully saturated rings. The van der Waals surface area contributed by atoms with Crippen molar-refractivity contribution in [3.63, 3.8) is 0 Å². The Kier molecular flexibility index (Phi) is 6.32. The average Bonchev–Trinajstić information content (AvgIpc) is 2.26. The molecule has 3 N–H and O–H groups in total. The summed E-state index contributed by atoms with van der Waals surface area (Å²) in [6.07, 6.45) is 0. The number of hydrogen-bond acceptors (Lipinski definition) is 4. The van der Waals surface area contributed by atoms with E-state index in [1.807, 2.05) is 12.1 Å². The lowest BCUT2D eigenvalue weighted by molar-refractivity contribution is 0.182. The monoisotopic (exact) mass is 307 g/mol. The van der Waals surface area contributed by atoms with Gasteiger partial charge in [0.2, 0.25) is 0 Å². The van der Waals surface area contributed by atoms with E-state index in [9.17, 15) is 0 Å². The topological polar surface area (TPSA) is 90.2 Å². The zero-order valence-corrected chi connectivity index (χ0v) is 12.3. The summed E-state index contributed by atoms with van der Waals surface area (Å²) in [5.41, 5.74) is 1.34. The molecule has 108 valence electrons. The average molecular weight is 307 g/mol. The van der Waals surface area contributed by atoms with Crippen LogP contribution in [-0.2, 0) is 11.1 Å². The summed E-state index contributed by atoms with van der Waals surface area (Å²) in [6.45, 7) is 3.24. The van der Waals surface area contributed by atoms with Crippen molar-refractivity contribution < 1.29 is 24.0 Å². The van der Waals surface area contributed by atoms with Crippen LogP contribution in [0.2, 0.25) is 0 Å². The molecule has 8 heteroatoms. The molecule has 0 spiro atoms. The summed E-state index contributed by atoms with van der Waals surface area (Å²) >= 11 is 4.38. The Morgan fingerprint density at radius 1 is 1.32 bits per heavy atom. The molecular weight excluding hydrogens is 289 g/mol. The second-order valence-electron chi connectivity index (χ2n) is 4.21. The molecule has 1 saturated heterocycles. The molecule has 0 unspecified atom stereocenters. The van der Waals surface area contributed by atoms with Crippen LogP contribution in [0.5, 0.6) is 5.75 Å². The molecule has 6 nitrogen and oxygen atoms in total. The highest BCUT2D eigenvalue weighted by Crippen LogP contribution is 2.25. The van der Waals surface area contributed by atoms with E-state index in [1.54, 1.807) is 7.11 Å². The number of thiol groups is 1. The maximum Gasteiger partial charge on any atom is 0.466 e. The minimum atomic E-state index is -4.64. The standard InChI is InChI=1S/C11H15NOS.H3O4P/c1-13-10-4-2-9(3-5-10)6-12-7-11(14)8-12;1-5(2,3)4/h2-5,11,14H,6-8H2,1H3;(H3,1,2,3,4). The van der Waals surface area contributed by atoms with E-state index in [-0.39, 0.29) is 0 Å². The highest BCUT2D eigenvalue weighted by molar-refractivity contribution is 7.81. The number of likely N-dealkylation sites (tertiary alicyclic amines) is 1. The van der Waals surface area contributed by atoms with E-state index < -0.39 is 7.82 Å². The van der Waals surface area contributed by atoms with Crippen LogP contribution in [0, 0.1) is 0 Å². The smallest absolute Gasteiger partial charge is 0.466 e. The summed E-state index contributed by atoms with van der Waals surface area (Å²) in [4.78, 5) is 24.0. The molecule has 0 saturated carbocycles. The number of methoxy groups -OCH3 is 1. The highest BCUT2D eigenvalue weighted by atomic mass is 32.1. The fourth-order valence-corrected chi connectivity index (χ4v) is 2.12. The Labute approximate surface area is 117 Å². The maximum atomic E-state index is 8.88. The Bertz CT molecular complexity index is 421. The molecule has 0 atom stereocenters. The predicted molar refractivity (Wildman–Crippen MR) is 75.3 cm³/mol. The lowest BCUT2D eigenvalue weighted by Gasteiger charge is -2.36. The zero-order valence-electron chi connectivity index (χ0n) is 10.5. The molecule has 19 heavy (non-hydrogen) atoms. The molecule has 1 aliphatic heterocycles. The molecule has 1 aromatic rings. The maximum absolute atomic E-state index is 8.88. The third-order valence-electron chi connectivity index (χ3n) is 2.50. The quantitative estimate of drug-likeness (QED) is 0.490. The second-order valence-corrected chi connectivity index (χ2v) is 5.97. The van der Waals surface area contributed by atoms with E-state index in [0.29, 0.717) is 5.25 Å². The minimum absolute atomic E-state index is 0.577. The van der Waals surface area contributed by atoms with Crippen LogP contribution >= 0.6 is 20.5 Å². The molecule has 2 rings (SSSR count). The zero-order chi connectivity index (χ0) is 14.5. The van der Waals surface area contributed by atoms with Gasteiger partial charge < -0.3 is 19.4 Å². The number of nitrogens with zero attached hydrogens (tertiary/aromatic N) is 1. The lowest BCUT2D eigenvalue weighted by atomic mass is 10.1. The van der Waals surface area contributed by atoms with E-state index >= 15 is 0 Å². The predicted octanol–water partition coefficient (Wildman–Crippen LogP) is 0.881. The van der Waals surface area contributed by atoms with Crippen LogP contribution in [0.1, 0.15) is 5.56 Å². The van der Waals surface area contributed by atoms with Crippen molar-refractivity contribution in [2.24, 2.45) is 0 Å². The Morgan fingerprint density at radius 3 is 2.16 bits per heavy atom. The first-order valence-corrected chi connectivity index (χ1v) is 7.67. The fraction of sp³-hybridized carbons (Fsp3) is 0.455. The van der Waals surface area contributed by atoms with Gasteiger partial charge >= 0.3 is 7.82 Å². The van der Waals surface area contributed by atoms with Crippen LogP contribution in [0.3, 0.4) is 0 Å². The Balaban J connectivity index is 0.000000312. The van der Waals surface area contributed by atoms with Gasteiger partial charge in [0.1, 0.15) is 5.75 Å². The van der Waals surface area contributed by atoms with Crippen molar-refractivity contribution in [1.29, 1.82) is 0 Å². The molecule has 1 aliphatic rings. The van der Waals surface area contributed by atoms with Crippen molar-refractivity contribution in [2.45, 2.75) is 11.8 Å². The number of benzene rings is 1. The van der Waals surface area contributed by atoms with Gasteiger partial charge in [-0.05, 0) is 17.7 Å². The van der Waals surface area contributed by atoms with Crippen LogP contribution < -0.4 is 4.74 Å². The summed E-state index contributed by atoms with van der Waals surface area (Å²) in [5, 5.41) is 0.577. The van der Waals surface area contributed by atoms with Gasteiger partial charge in [0.25, 0.3) is 0 Å². The molecular formula is C11H18NO5PS. The molecule has 0 aliphatic carbocycles. The van der Waals surface area contributed by atoms with E-state index in [4.69, 9.17) is 24.0 Å². The van der Waals surface area contributed by atoms with Crippen molar-refractivity contribution in [3.8, 4) is 5.75 Å². The molecule has 0 radical (unpaired) electrons. The van der Waals surface area contributed by atoms with E-state index in [2.05, 4.69) is 29.7 Å². The van der Waals surface area contributed by atoms with Crippen LogP contribution in [0.4, 0.5) is 0 Å². The van der Waals surface area contributed by atoms with Crippen LogP contribution in [0.25, 0.3) is 0 Å². The third-order valence-corrected chi connectivity index (χ3v) is 2.83. The Hall–Kier alpha value is -0.560. The Morgan fingerprint density at radius 2 is 1.79 bits per heavy atom. The van der Waals surface area contributed by atoms with Crippen LogP contribution in [-0.4, -0.2) is 45.0 Å². The summed E-state index contributed by atoms with van der Waals surface area (Å²) in [5.74, 6) is 0.921. The van der Waals surface area contributed by atoms with Crippen molar-refractivity contribution in [2.75, 3.05) is 20.2 Å². The van der Waals surface area contributed by atoms with Crippen molar-refractivity contribution in [3.05, 3.63) is 29.8 Å². The normalized spacial score (nSPS) is 16.3. The first kappa shape index (κ1) is 16.5. The molecule has 1 heterocycles.